The van der Waals surface area contributed by atoms with Gasteiger partial charge >= 0.3 is 0 Å². The molecule has 132 valence electrons. The Labute approximate surface area is 139 Å². The van der Waals surface area contributed by atoms with Gasteiger partial charge in [-0.1, -0.05) is 5.11 Å². The predicted octanol–water partition coefficient (Wildman–Crippen LogP) is 0.151. The molecule has 0 aromatic carbocycles. The Kier molecular flexibility index (Phi) is 9.86. The van der Waals surface area contributed by atoms with Gasteiger partial charge in [0.1, 0.15) is 0 Å². The van der Waals surface area contributed by atoms with Crippen LogP contribution in [0.4, 0.5) is 0 Å². The van der Waals surface area contributed by atoms with E-state index in [9.17, 15) is 14.4 Å². The summed E-state index contributed by atoms with van der Waals surface area (Å²) < 4.78 is 10.4. The lowest BCUT2D eigenvalue weighted by molar-refractivity contribution is -0.137. The minimum Gasteiger partial charge on any atom is -0.379 e. The zero-order valence-corrected chi connectivity index (χ0v) is 13.3. The topological polar surface area (TPSA) is 134 Å². The fraction of sp³-hybridized carbons (Fsp3) is 0.643. The molecule has 0 saturated carbocycles. The molecule has 3 amide bonds. The minimum absolute atomic E-state index is 0.156. The molecule has 0 radical (unpaired) electrons. The molecule has 1 rings (SSSR count). The van der Waals surface area contributed by atoms with E-state index in [0.29, 0.717) is 39.4 Å². The third-order valence-corrected chi connectivity index (χ3v) is 3.03. The standard InChI is InChI=1S/C14H21N5O5/c15-18-17-6-9-24-11-10-23-8-5-16-12(20)2-1-7-19-13(21)3-4-14(19)22/h3-4H,1-2,5-11H2,(H,16,20). The smallest absolute Gasteiger partial charge is 0.253 e. The van der Waals surface area contributed by atoms with E-state index < -0.39 is 0 Å². The number of nitrogens with zero attached hydrogens (tertiary/aromatic N) is 4. The van der Waals surface area contributed by atoms with Crippen LogP contribution in [0.25, 0.3) is 10.4 Å². The average Bonchev–Trinajstić information content (AvgIpc) is 2.88. The monoisotopic (exact) mass is 339 g/mol. The normalized spacial score (nSPS) is 13.2. The van der Waals surface area contributed by atoms with Gasteiger partial charge in [0, 0.05) is 43.1 Å². The Morgan fingerprint density at radius 3 is 2.50 bits per heavy atom. The zero-order chi connectivity index (χ0) is 17.6. The van der Waals surface area contributed by atoms with Gasteiger partial charge in [-0.3, -0.25) is 19.3 Å². The van der Waals surface area contributed by atoms with Crippen molar-refractivity contribution in [2.45, 2.75) is 12.8 Å². The van der Waals surface area contributed by atoms with Gasteiger partial charge in [-0.2, -0.15) is 0 Å². The van der Waals surface area contributed by atoms with Crippen molar-refractivity contribution in [3.05, 3.63) is 22.6 Å². The number of amides is 3. The van der Waals surface area contributed by atoms with Crippen LogP contribution in [0.3, 0.4) is 0 Å². The van der Waals surface area contributed by atoms with Crippen LogP contribution in [-0.4, -0.2) is 68.7 Å². The second kappa shape index (κ2) is 12.1. The molecule has 1 N–H and O–H groups in total. The molecule has 0 saturated heterocycles. The van der Waals surface area contributed by atoms with Crippen molar-refractivity contribution in [3.63, 3.8) is 0 Å². The number of imide groups is 1. The highest BCUT2D eigenvalue weighted by molar-refractivity contribution is 6.12. The molecule has 0 aromatic rings. The Hall–Kier alpha value is -2.42. The van der Waals surface area contributed by atoms with Gasteiger partial charge in [0.15, 0.2) is 0 Å². The number of hydrogen-bond acceptors (Lipinski definition) is 6. The molecule has 0 unspecified atom stereocenters. The van der Waals surface area contributed by atoms with E-state index in [1.54, 1.807) is 0 Å². The number of carbonyl (C=O) groups excluding carboxylic acids is 3. The zero-order valence-electron chi connectivity index (χ0n) is 13.3. The number of hydrogen-bond donors (Lipinski definition) is 1. The maximum atomic E-state index is 11.6. The first-order valence-electron chi connectivity index (χ1n) is 7.61. The molecule has 1 aliphatic heterocycles. The van der Waals surface area contributed by atoms with Gasteiger partial charge in [-0.25, -0.2) is 0 Å². The summed E-state index contributed by atoms with van der Waals surface area (Å²) in [5.74, 6) is -0.831. The van der Waals surface area contributed by atoms with E-state index in [0.717, 1.165) is 4.90 Å². The number of ether oxygens (including phenoxy) is 2. The molecule has 0 aromatic heterocycles. The van der Waals surface area contributed by atoms with Crippen LogP contribution in [-0.2, 0) is 23.9 Å². The lowest BCUT2D eigenvalue weighted by atomic mass is 10.3. The molecule has 10 nitrogen and oxygen atoms in total. The van der Waals surface area contributed by atoms with Crippen LogP contribution in [0, 0.1) is 0 Å². The fourth-order valence-electron chi connectivity index (χ4n) is 1.87. The highest BCUT2D eigenvalue weighted by Gasteiger charge is 2.22. The summed E-state index contributed by atoms with van der Waals surface area (Å²) in [4.78, 5) is 37.9. The van der Waals surface area contributed by atoms with Crippen molar-refractivity contribution in [1.82, 2.24) is 10.2 Å². The quantitative estimate of drug-likeness (QED) is 0.168. The summed E-state index contributed by atoms with van der Waals surface area (Å²) >= 11 is 0. The van der Waals surface area contributed by atoms with Crippen LogP contribution in [0.15, 0.2) is 17.3 Å². The molecule has 0 aliphatic carbocycles. The van der Waals surface area contributed by atoms with E-state index in [4.69, 9.17) is 15.0 Å². The summed E-state index contributed by atoms with van der Waals surface area (Å²) in [5.41, 5.74) is 8.05. The molecule has 0 fully saturated rings. The van der Waals surface area contributed by atoms with E-state index in [2.05, 4.69) is 15.3 Å². The van der Waals surface area contributed by atoms with Crippen LogP contribution in [0.5, 0.6) is 0 Å². The van der Waals surface area contributed by atoms with Crippen LogP contribution >= 0.6 is 0 Å². The van der Waals surface area contributed by atoms with E-state index in [-0.39, 0.29) is 37.2 Å². The largest absolute Gasteiger partial charge is 0.379 e. The van der Waals surface area contributed by atoms with E-state index in [1.807, 2.05) is 0 Å². The lowest BCUT2D eigenvalue weighted by Crippen LogP contribution is -2.32. The maximum Gasteiger partial charge on any atom is 0.253 e. The number of carbonyl (C=O) groups is 3. The summed E-state index contributed by atoms with van der Waals surface area (Å²) in [7, 11) is 0. The molecule has 0 bridgehead atoms. The lowest BCUT2D eigenvalue weighted by Gasteiger charge is -2.13. The molecule has 1 aliphatic rings. The van der Waals surface area contributed by atoms with Crippen LogP contribution in [0.1, 0.15) is 12.8 Å². The first-order valence-corrected chi connectivity index (χ1v) is 7.61. The van der Waals surface area contributed by atoms with Crippen molar-refractivity contribution < 1.29 is 23.9 Å². The van der Waals surface area contributed by atoms with E-state index >= 15 is 0 Å². The molecule has 24 heavy (non-hydrogen) atoms. The van der Waals surface area contributed by atoms with Gasteiger partial charge in [-0.15, -0.1) is 0 Å². The van der Waals surface area contributed by atoms with Gasteiger partial charge in [0.25, 0.3) is 11.8 Å². The average molecular weight is 339 g/mol. The highest BCUT2D eigenvalue weighted by Crippen LogP contribution is 2.05. The molecule has 0 spiro atoms. The Morgan fingerprint density at radius 2 is 1.83 bits per heavy atom. The summed E-state index contributed by atoms with van der Waals surface area (Å²) in [6.07, 6.45) is 3.10. The predicted molar refractivity (Wildman–Crippen MR) is 83.8 cm³/mol. The van der Waals surface area contributed by atoms with Crippen molar-refractivity contribution in [2.24, 2.45) is 5.11 Å². The molecule has 10 heteroatoms. The first-order chi connectivity index (χ1) is 11.6. The van der Waals surface area contributed by atoms with Crippen molar-refractivity contribution in [2.75, 3.05) is 46.1 Å². The second-order valence-electron chi connectivity index (χ2n) is 4.79. The van der Waals surface area contributed by atoms with Crippen molar-refractivity contribution in [3.8, 4) is 0 Å². The van der Waals surface area contributed by atoms with E-state index in [1.165, 1.54) is 12.2 Å². The van der Waals surface area contributed by atoms with Crippen molar-refractivity contribution >= 4 is 17.7 Å². The molecular formula is C14H21N5O5. The first kappa shape index (κ1) is 19.6. The SMILES string of the molecule is [N-]=[N+]=NCCOCCOCCNC(=O)CCCN1C(=O)C=CC1=O. The van der Waals surface area contributed by atoms with Crippen molar-refractivity contribution in [1.29, 1.82) is 0 Å². The van der Waals surface area contributed by atoms with Crippen LogP contribution < -0.4 is 5.32 Å². The van der Waals surface area contributed by atoms with Gasteiger partial charge < -0.3 is 14.8 Å². The molecule has 1 heterocycles. The fourth-order valence-corrected chi connectivity index (χ4v) is 1.87. The third-order valence-electron chi connectivity index (χ3n) is 3.03. The number of azide groups is 1. The maximum absolute atomic E-state index is 11.6. The number of rotatable bonds is 13. The molecule has 0 atom stereocenters. The summed E-state index contributed by atoms with van der Waals surface area (Å²) in [6.45, 7) is 2.39. The Bertz CT molecular complexity index is 498. The third kappa shape index (κ3) is 8.28. The number of nitrogens with one attached hydrogen (secondary N) is 1. The van der Waals surface area contributed by atoms with Crippen LogP contribution in [0.2, 0.25) is 0 Å². The highest BCUT2D eigenvalue weighted by atomic mass is 16.5. The summed E-state index contributed by atoms with van der Waals surface area (Å²) in [5, 5.41) is 6.01. The Balaban J connectivity index is 1.90. The van der Waals surface area contributed by atoms with Gasteiger partial charge in [0.05, 0.1) is 26.4 Å². The van der Waals surface area contributed by atoms with Gasteiger partial charge in [0.2, 0.25) is 5.91 Å². The minimum atomic E-state index is -0.338. The second-order valence-corrected chi connectivity index (χ2v) is 4.79. The Morgan fingerprint density at radius 1 is 1.17 bits per heavy atom. The van der Waals surface area contributed by atoms with Gasteiger partial charge in [-0.05, 0) is 12.0 Å². The molecular weight excluding hydrogens is 318 g/mol. The summed E-state index contributed by atoms with van der Waals surface area (Å²) in [6, 6.07) is 0.